The number of allylic oxidation sites excluding steroid dienone is 1. The highest BCUT2D eigenvalue weighted by molar-refractivity contribution is 5.83. The highest BCUT2D eigenvalue weighted by atomic mass is 16.7. The van der Waals surface area contributed by atoms with Crippen molar-refractivity contribution in [3.63, 3.8) is 0 Å². The Morgan fingerprint density at radius 3 is 2.50 bits per heavy atom. The minimum atomic E-state index is -0.899. The summed E-state index contributed by atoms with van der Waals surface area (Å²) in [6.07, 6.45) is 6.89. The van der Waals surface area contributed by atoms with E-state index in [2.05, 4.69) is 20.8 Å². The molecule has 0 aromatic carbocycles. The van der Waals surface area contributed by atoms with Gasteiger partial charge in [-0.05, 0) is 50.5 Å². The molecule has 0 unspecified atom stereocenters. The van der Waals surface area contributed by atoms with Crippen LogP contribution in [0.4, 0.5) is 0 Å². The molecule has 3 aliphatic heterocycles. The first-order chi connectivity index (χ1) is 16.8. The lowest BCUT2D eigenvalue weighted by molar-refractivity contribution is -0.257. The molecule has 0 bridgehead atoms. The van der Waals surface area contributed by atoms with Crippen LogP contribution in [-0.2, 0) is 33.3 Å². The molecule has 8 nitrogen and oxygen atoms in total. The van der Waals surface area contributed by atoms with E-state index in [9.17, 15) is 14.4 Å². The van der Waals surface area contributed by atoms with Crippen molar-refractivity contribution in [1.82, 2.24) is 0 Å². The molecule has 1 aromatic heterocycles. The third kappa shape index (κ3) is 2.66. The van der Waals surface area contributed by atoms with Gasteiger partial charge in [-0.15, -0.1) is 0 Å². The number of cyclic esters (lactones) is 2. The number of hydrogen-bond acceptors (Lipinski definition) is 8. The van der Waals surface area contributed by atoms with Crippen molar-refractivity contribution in [2.45, 2.75) is 90.3 Å². The van der Waals surface area contributed by atoms with E-state index in [0.717, 1.165) is 18.4 Å². The summed E-state index contributed by atoms with van der Waals surface area (Å²) >= 11 is 0. The molecule has 194 valence electrons. The molecule has 2 saturated heterocycles. The Bertz CT molecular complexity index is 1170. The summed E-state index contributed by atoms with van der Waals surface area (Å²) in [7, 11) is 0. The van der Waals surface area contributed by atoms with Crippen LogP contribution in [0.2, 0.25) is 0 Å². The van der Waals surface area contributed by atoms with Gasteiger partial charge in [-0.3, -0.25) is 4.79 Å². The van der Waals surface area contributed by atoms with E-state index in [1.54, 1.807) is 12.5 Å². The van der Waals surface area contributed by atoms with Crippen molar-refractivity contribution in [3.05, 3.63) is 36.3 Å². The van der Waals surface area contributed by atoms with Crippen LogP contribution >= 0.6 is 0 Å². The van der Waals surface area contributed by atoms with E-state index >= 15 is 0 Å². The van der Waals surface area contributed by atoms with Gasteiger partial charge >= 0.3 is 17.9 Å². The van der Waals surface area contributed by atoms with Crippen molar-refractivity contribution in [3.8, 4) is 0 Å². The van der Waals surface area contributed by atoms with E-state index < -0.39 is 51.7 Å². The van der Waals surface area contributed by atoms with Gasteiger partial charge in [0, 0.05) is 35.3 Å². The first-order valence-electron chi connectivity index (χ1n) is 12.8. The standard InChI is InChI=1S/C28H34O8/c1-15(29)33-19-13-18-24(2,3)35-20(30)8-10-25(18,4)17-7-11-26(5)21(16-9-12-32-14-16)34-23(31)22-28(26,36-22)27(17,19)6/h8-10,12,14,17-19,21-22H,7,11,13H2,1-6H3/t17-,18+,19+,21-,22+,25+,26-,27-,28+/m0/s1. The lowest BCUT2D eigenvalue weighted by Gasteiger charge is -2.67. The van der Waals surface area contributed by atoms with E-state index in [1.165, 1.54) is 13.0 Å². The highest BCUT2D eigenvalue weighted by Gasteiger charge is 2.88. The zero-order valence-corrected chi connectivity index (χ0v) is 21.7. The Morgan fingerprint density at radius 1 is 1.08 bits per heavy atom. The summed E-state index contributed by atoms with van der Waals surface area (Å²) in [6.45, 7) is 11.7. The monoisotopic (exact) mass is 498 g/mol. The average molecular weight is 499 g/mol. The van der Waals surface area contributed by atoms with Crippen LogP contribution in [0.1, 0.15) is 72.5 Å². The maximum atomic E-state index is 13.3. The maximum Gasteiger partial charge on any atom is 0.339 e. The molecule has 2 saturated carbocycles. The molecule has 8 heteroatoms. The van der Waals surface area contributed by atoms with Crippen LogP contribution in [0.25, 0.3) is 0 Å². The molecule has 2 aliphatic carbocycles. The fraction of sp³-hybridized carbons (Fsp3) is 0.679. The predicted octanol–water partition coefficient (Wildman–Crippen LogP) is 4.29. The molecule has 4 fully saturated rings. The second-order valence-corrected chi connectivity index (χ2v) is 12.5. The van der Waals surface area contributed by atoms with Crippen molar-refractivity contribution < 1.29 is 37.7 Å². The molecule has 5 aliphatic rings. The number of carbonyl (C=O) groups excluding carboxylic acids is 3. The molecular weight excluding hydrogens is 464 g/mol. The van der Waals surface area contributed by atoms with Crippen molar-refractivity contribution in [1.29, 1.82) is 0 Å². The van der Waals surface area contributed by atoms with Crippen LogP contribution in [0.3, 0.4) is 0 Å². The van der Waals surface area contributed by atoms with Gasteiger partial charge in [0.15, 0.2) is 6.10 Å². The van der Waals surface area contributed by atoms with Gasteiger partial charge < -0.3 is 23.4 Å². The molecule has 1 aromatic rings. The summed E-state index contributed by atoms with van der Waals surface area (Å²) in [5.74, 6) is -1.31. The fourth-order valence-corrected chi connectivity index (χ4v) is 9.13. The molecule has 0 N–H and O–H groups in total. The van der Waals surface area contributed by atoms with Gasteiger partial charge in [0.1, 0.15) is 23.4 Å². The minimum absolute atomic E-state index is 0.0490. The fourth-order valence-electron chi connectivity index (χ4n) is 9.13. The normalized spacial score (nSPS) is 48.2. The molecule has 9 atom stereocenters. The van der Waals surface area contributed by atoms with Crippen molar-refractivity contribution >= 4 is 17.9 Å². The molecule has 1 spiro atoms. The molecular formula is C28H34O8. The predicted molar refractivity (Wildman–Crippen MR) is 125 cm³/mol. The van der Waals surface area contributed by atoms with Crippen LogP contribution < -0.4 is 0 Å². The number of fused-ring (bicyclic) bond motifs is 3. The van der Waals surface area contributed by atoms with Crippen LogP contribution in [0.15, 0.2) is 35.2 Å². The van der Waals surface area contributed by atoms with E-state index in [-0.39, 0.29) is 23.8 Å². The minimum Gasteiger partial charge on any atom is -0.472 e. The van der Waals surface area contributed by atoms with E-state index in [1.807, 2.05) is 26.0 Å². The quantitative estimate of drug-likeness (QED) is 0.338. The topological polar surface area (TPSA) is 105 Å². The second kappa shape index (κ2) is 7.03. The van der Waals surface area contributed by atoms with Gasteiger partial charge in [-0.25, -0.2) is 9.59 Å². The summed E-state index contributed by atoms with van der Waals surface area (Å²) in [5.41, 5.74) is -2.64. The Balaban J connectivity index is 1.55. The smallest absolute Gasteiger partial charge is 0.339 e. The molecule has 0 radical (unpaired) electrons. The van der Waals surface area contributed by atoms with E-state index in [4.69, 9.17) is 23.4 Å². The van der Waals surface area contributed by atoms with E-state index in [0.29, 0.717) is 6.42 Å². The Kier molecular flexibility index (Phi) is 4.64. The lowest BCUT2D eigenvalue weighted by atomic mass is 9.37. The first kappa shape index (κ1) is 23.8. The number of rotatable bonds is 2. The number of ether oxygens (including phenoxy) is 4. The zero-order chi connectivity index (χ0) is 25.9. The molecule has 4 heterocycles. The van der Waals surface area contributed by atoms with Gasteiger partial charge in [0.05, 0.1) is 12.5 Å². The second-order valence-electron chi connectivity index (χ2n) is 12.5. The molecule has 36 heavy (non-hydrogen) atoms. The lowest BCUT2D eigenvalue weighted by Crippen LogP contribution is -2.72. The largest absolute Gasteiger partial charge is 0.472 e. The SMILES string of the molecule is CC(=O)O[C@@H]1C[C@@H]2C(C)(C)OC(=O)C=C[C@]2(C)[C@@H]2CC[C@@]3(C)[C@H](c4ccoc4)OC(=O)[C@H]4O[C@]43[C@]12C. The number of epoxide rings is 1. The number of esters is 3. The van der Waals surface area contributed by atoms with Crippen molar-refractivity contribution in [2.24, 2.45) is 28.1 Å². The Hall–Kier alpha value is -2.61. The summed E-state index contributed by atoms with van der Waals surface area (Å²) in [4.78, 5) is 38.3. The van der Waals surface area contributed by atoms with Crippen LogP contribution in [0, 0.1) is 28.1 Å². The summed E-state index contributed by atoms with van der Waals surface area (Å²) < 4.78 is 29.8. The van der Waals surface area contributed by atoms with Gasteiger partial charge in [-0.2, -0.15) is 0 Å². The molecule has 0 amide bonds. The van der Waals surface area contributed by atoms with Gasteiger partial charge in [0.25, 0.3) is 0 Å². The zero-order valence-electron chi connectivity index (χ0n) is 21.7. The van der Waals surface area contributed by atoms with Crippen LogP contribution in [0.5, 0.6) is 0 Å². The average Bonchev–Trinajstić information content (AvgIpc) is 3.38. The highest BCUT2D eigenvalue weighted by Crippen LogP contribution is 2.79. The third-order valence-electron chi connectivity index (χ3n) is 10.5. The number of carbonyl (C=O) groups is 3. The Morgan fingerprint density at radius 2 is 1.83 bits per heavy atom. The summed E-state index contributed by atoms with van der Waals surface area (Å²) in [6, 6.07) is 1.83. The number of hydrogen-bond donors (Lipinski definition) is 0. The van der Waals surface area contributed by atoms with Crippen molar-refractivity contribution in [2.75, 3.05) is 0 Å². The third-order valence-corrected chi connectivity index (χ3v) is 10.5. The Labute approximate surface area is 210 Å². The maximum absolute atomic E-state index is 13.3. The first-order valence-corrected chi connectivity index (χ1v) is 12.8. The van der Waals surface area contributed by atoms with Gasteiger partial charge in [0.2, 0.25) is 0 Å². The number of furan rings is 1. The van der Waals surface area contributed by atoms with Crippen LogP contribution in [-0.4, -0.2) is 41.3 Å². The summed E-state index contributed by atoms with van der Waals surface area (Å²) in [5, 5.41) is 0. The van der Waals surface area contributed by atoms with Gasteiger partial charge in [-0.1, -0.05) is 26.8 Å². The molecule has 6 rings (SSSR count).